The summed E-state index contributed by atoms with van der Waals surface area (Å²) in [5.41, 5.74) is 3.44. The van der Waals surface area contributed by atoms with Crippen molar-refractivity contribution in [1.82, 2.24) is 9.61 Å². The number of aromatic nitrogens is 2. The lowest BCUT2D eigenvalue weighted by Gasteiger charge is -2.09. The van der Waals surface area contributed by atoms with Crippen molar-refractivity contribution < 1.29 is 19.4 Å². The Balaban J connectivity index is 1.58. The average Bonchev–Trinajstić information content (AvgIpc) is 3.16. The van der Waals surface area contributed by atoms with Gasteiger partial charge in [-0.05, 0) is 41.5 Å². The number of aromatic carboxylic acids is 1. The van der Waals surface area contributed by atoms with Crippen molar-refractivity contribution in [2.24, 2.45) is 0 Å². The largest absolute Gasteiger partial charge is 0.478 e. The van der Waals surface area contributed by atoms with Crippen LogP contribution in [0.15, 0.2) is 73.1 Å². The topological polar surface area (TPSA) is 92.9 Å². The van der Waals surface area contributed by atoms with Gasteiger partial charge in [-0.25, -0.2) is 14.1 Å². The molecule has 8 heteroatoms. The quantitative estimate of drug-likeness (QED) is 0.467. The monoisotopic (exact) mass is 421 g/mol. The minimum atomic E-state index is -1.03. The summed E-state index contributed by atoms with van der Waals surface area (Å²) in [6.45, 7) is 0.145. The summed E-state index contributed by atoms with van der Waals surface area (Å²) in [5, 5.41) is 16.6. The number of nitrogens with one attached hydrogen (secondary N) is 1. The fourth-order valence-corrected chi connectivity index (χ4v) is 3.27. The van der Waals surface area contributed by atoms with E-state index >= 15 is 0 Å². The molecule has 0 aliphatic heterocycles. The van der Waals surface area contributed by atoms with E-state index in [0.717, 1.165) is 5.56 Å². The summed E-state index contributed by atoms with van der Waals surface area (Å²) in [5.74, 6) is -1.03. The number of halogens is 1. The highest BCUT2D eigenvalue weighted by Crippen LogP contribution is 2.30. The van der Waals surface area contributed by atoms with Gasteiger partial charge in [-0.3, -0.25) is 5.32 Å². The molecule has 2 aromatic carbocycles. The van der Waals surface area contributed by atoms with Crippen LogP contribution in [-0.2, 0) is 11.3 Å². The number of carbonyl (C=O) groups is 2. The molecule has 30 heavy (non-hydrogen) atoms. The standard InChI is InChI=1S/C22H16ClN3O4/c23-17-8-16(19-12-24-26-7-6-15(21(27)28)10-20(19)26)9-18(11-17)25-22(29)30-13-14-4-2-1-3-5-14/h1-12H,13H2,(H,25,29)(H,27,28). The first-order valence-electron chi connectivity index (χ1n) is 8.99. The molecule has 0 atom stereocenters. The number of nitrogens with zero attached hydrogens (tertiary/aromatic N) is 2. The number of hydrogen-bond acceptors (Lipinski definition) is 4. The highest BCUT2D eigenvalue weighted by Gasteiger charge is 2.13. The second kappa shape index (κ2) is 8.26. The predicted octanol–water partition coefficient (Wildman–Crippen LogP) is 5.10. The second-order valence-corrected chi connectivity index (χ2v) is 6.96. The predicted molar refractivity (Wildman–Crippen MR) is 113 cm³/mol. The Morgan fingerprint density at radius 3 is 2.67 bits per heavy atom. The van der Waals surface area contributed by atoms with Gasteiger partial charge in [0.05, 0.1) is 17.3 Å². The lowest BCUT2D eigenvalue weighted by Crippen LogP contribution is -2.13. The van der Waals surface area contributed by atoms with Crippen molar-refractivity contribution in [2.45, 2.75) is 6.61 Å². The van der Waals surface area contributed by atoms with E-state index in [1.54, 1.807) is 35.1 Å². The number of rotatable bonds is 5. The highest BCUT2D eigenvalue weighted by atomic mass is 35.5. The molecular formula is C22H16ClN3O4. The number of carbonyl (C=O) groups excluding carboxylic acids is 1. The van der Waals surface area contributed by atoms with Gasteiger partial charge >= 0.3 is 12.1 Å². The van der Waals surface area contributed by atoms with Crippen LogP contribution in [0.3, 0.4) is 0 Å². The Morgan fingerprint density at radius 1 is 1.10 bits per heavy atom. The van der Waals surface area contributed by atoms with Crippen molar-refractivity contribution >= 4 is 34.9 Å². The van der Waals surface area contributed by atoms with Crippen LogP contribution >= 0.6 is 11.6 Å². The zero-order chi connectivity index (χ0) is 21.1. The summed E-state index contributed by atoms with van der Waals surface area (Å²) >= 11 is 6.24. The molecule has 2 N–H and O–H groups in total. The molecule has 2 heterocycles. The highest BCUT2D eigenvalue weighted by molar-refractivity contribution is 6.31. The van der Waals surface area contributed by atoms with E-state index in [1.165, 1.54) is 12.1 Å². The van der Waals surface area contributed by atoms with Gasteiger partial charge in [-0.1, -0.05) is 41.9 Å². The molecule has 0 saturated heterocycles. The van der Waals surface area contributed by atoms with Crippen molar-refractivity contribution in [3.05, 3.63) is 89.2 Å². The normalized spacial score (nSPS) is 10.7. The van der Waals surface area contributed by atoms with Crippen molar-refractivity contribution in [3.63, 3.8) is 0 Å². The van der Waals surface area contributed by atoms with Crippen LogP contribution in [0.25, 0.3) is 16.6 Å². The summed E-state index contributed by atoms with van der Waals surface area (Å²) in [6.07, 6.45) is 2.58. The van der Waals surface area contributed by atoms with Crippen LogP contribution in [0.1, 0.15) is 15.9 Å². The molecule has 4 rings (SSSR count). The van der Waals surface area contributed by atoms with Gasteiger partial charge in [0, 0.05) is 22.5 Å². The Morgan fingerprint density at radius 2 is 1.90 bits per heavy atom. The van der Waals surface area contributed by atoms with Crippen LogP contribution in [-0.4, -0.2) is 26.8 Å². The summed E-state index contributed by atoms with van der Waals surface area (Å²) in [7, 11) is 0. The third kappa shape index (κ3) is 4.26. The molecular weight excluding hydrogens is 406 g/mol. The fourth-order valence-electron chi connectivity index (χ4n) is 3.03. The first kappa shape index (κ1) is 19.5. The molecule has 0 aliphatic carbocycles. The van der Waals surface area contributed by atoms with Crippen LogP contribution in [0, 0.1) is 0 Å². The zero-order valence-corrected chi connectivity index (χ0v) is 16.3. The summed E-state index contributed by atoms with van der Waals surface area (Å²) in [4.78, 5) is 23.5. The first-order chi connectivity index (χ1) is 14.5. The second-order valence-electron chi connectivity index (χ2n) is 6.52. The number of amides is 1. The zero-order valence-electron chi connectivity index (χ0n) is 15.6. The van der Waals surface area contributed by atoms with Gasteiger partial charge in [0.15, 0.2) is 0 Å². The molecule has 0 spiro atoms. The molecule has 7 nitrogen and oxygen atoms in total. The van der Waals surface area contributed by atoms with Crippen LogP contribution in [0.2, 0.25) is 5.02 Å². The maximum Gasteiger partial charge on any atom is 0.411 e. The SMILES string of the molecule is O=C(Nc1cc(Cl)cc(-c2cnn3ccc(C(=O)O)cc23)c1)OCc1ccccc1. The number of ether oxygens (including phenoxy) is 1. The molecule has 0 aliphatic rings. The van der Waals surface area contributed by atoms with Gasteiger partial charge < -0.3 is 9.84 Å². The molecule has 0 saturated carbocycles. The van der Waals surface area contributed by atoms with E-state index < -0.39 is 12.1 Å². The smallest absolute Gasteiger partial charge is 0.411 e. The van der Waals surface area contributed by atoms with Crippen molar-refractivity contribution in [1.29, 1.82) is 0 Å². The number of pyridine rings is 1. The maximum absolute atomic E-state index is 12.2. The molecule has 0 fully saturated rings. The molecule has 4 aromatic rings. The minimum absolute atomic E-state index is 0.145. The summed E-state index contributed by atoms with van der Waals surface area (Å²) in [6, 6.07) is 17.4. The number of carboxylic acid groups (broad SMARTS) is 1. The Bertz CT molecular complexity index is 1240. The van der Waals surface area contributed by atoms with Gasteiger partial charge in [0.2, 0.25) is 0 Å². The average molecular weight is 422 g/mol. The van der Waals surface area contributed by atoms with Gasteiger partial charge in [0.25, 0.3) is 0 Å². The number of fused-ring (bicyclic) bond motifs is 1. The Kier molecular flexibility index (Phi) is 5.36. The summed E-state index contributed by atoms with van der Waals surface area (Å²) < 4.78 is 6.81. The molecule has 1 amide bonds. The molecule has 0 radical (unpaired) electrons. The maximum atomic E-state index is 12.2. The van der Waals surface area contributed by atoms with Gasteiger partial charge in [-0.15, -0.1) is 0 Å². The van der Waals surface area contributed by atoms with E-state index in [4.69, 9.17) is 16.3 Å². The molecule has 0 bridgehead atoms. The Labute approximate surface area is 176 Å². The van der Waals surface area contributed by atoms with Crippen molar-refractivity contribution in [2.75, 3.05) is 5.32 Å². The van der Waals surface area contributed by atoms with Crippen LogP contribution < -0.4 is 5.32 Å². The van der Waals surface area contributed by atoms with Crippen LogP contribution in [0.4, 0.5) is 10.5 Å². The number of benzene rings is 2. The fraction of sp³-hybridized carbons (Fsp3) is 0.0455. The van der Waals surface area contributed by atoms with E-state index in [-0.39, 0.29) is 12.2 Å². The first-order valence-corrected chi connectivity index (χ1v) is 9.37. The molecule has 0 unspecified atom stereocenters. The van der Waals surface area contributed by atoms with E-state index in [1.807, 2.05) is 30.3 Å². The van der Waals surface area contributed by atoms with E-state index in [9.17, 15) is 14.7 Å². The van der Waals surface area contributed by atoms with Crippen LogP contribution in [0.5, 0.6) is 0 Å². The lowest BCUT2D eigenvalue weighted by molar-refractivity contribution is 0.0697. The lowest BCUT2D eigenvalue weighted by atomic mass is 10.1. The number of anilines is 1. The third-order valence-electron chi connectivity index (χ3n) is 4.44. The molecule has 150 valence electrons. The Hall–Kier alpha value is -3.84. The molecule has 2 aromatic heterocycles. The number of carboxylic acids is 1. The minimum Gasteiger partial charge on any atom is -0.478 e. The van der Waals surface area contributed by atoms with E-state index in [0.29, 0.717) is 27.4 Å². The van der Waals surface area contributed by atoms with Gasteiger partial charge in [-0.2, -0.15) is 5.10 Å². The van der Waals surface area contributed by atoms with Gasteiger partial charge in [0.1, 0.15) is 6.61 Å². The number of hydrogen-bond donors (Lipinski definition) is 2. The van der Waals surface area contributed by atoms with E-state index in [2.05, 4.69) is 10.4 Å². The van der Waals surface area contributed by atoms with Crippen molar-refractivity contribution in [3.8, 4) is 11.1 Å². The third-order valence-corrected chi connectivity index (χ3v) is 4.65.